The molecule has 0 heterocycles. The summed E-state index contributed by atoms with van der Waals surface area (Å²) >= 11 is 5.50. The molecular weight excluding hydrogens is 262 g/mol. The van der Waals surface area contributed by atoms with Gasteiger partial charge >= 0.3 is 0 Å². The van der Waals surface area contributed by atoms with E-state index in [0.717, 1.165) is 6.42 Å². The highest BCUT2D eigenvalue weighted by molar-refractivity contribution is 7.89. The summed E-state index contributed by atoms with van der Waals surface area (Å²) in [4.78, 5) is 0. The number of hydrogen-bond acceptors (Lipinski definition) is 3. The number of hydrogen-bond donors (Lipinski definition) is 1. The molecule has 102 valence electrons. The monoisotopic (exact) mass is 283 g/mol. The van der Waals surface area contributed by atoms with Gasteiger partial charge in [0.05, 0.1) is 11.9 Å². The van der Waals surface area contributed by atoms with Gasteiger partial charge in [0.25, 0.3) is 0 Å². The summed E-state index contributed by atoms with van der Waals surface area (Å²) in [6.45, 7) is 6.69. The lowest BCUT2D eigenvalue weighted by Gasteiger charge is -2.51. The Morgan fingerprint density at radius 3 is 2.59 bits per heavy atom. The quantitative estimate of drug-likeness (QED) is 0.724. The van der Waals surface area contributed by atoms with Crippen molar-refractivity contribution < 1.29 is 13.2 Å². The van der Waals surface area contributed by atoms with Gasteiger partial charge in [0.15, 0.2) is 0 Å². The van der Waals surface area contributed by atoms with Crippen LogP contribution >= 0.6 is 11.6 Å². The first kappa shape index (κ1) is 15.2. The van der Waals surface area contributed by atoms with Crippen LogP contribution in [0.2, 0.25) is 0 Å². The van der Waals surface area contributed by atoms with Gasteiger partial charge in [-0.15, -0.1) is 11.6 Å². The van der Waals surface area contributed by atoms with Crippen LogP contribution in [0.5, 0.6) is 0 Å². The Bertz CT molecular complexity index is 343. The van der Waals surface area contributed by atoms with Gasteiger partial charge in [-0.3, -0.25) is 0 Å². The Hall–Kier alpha value is 0.160. The van der Waals surface area contributed by atoms with Crippen molar-refractivity contribution in [3.63, 3.8) is 0 Å². The molecule has 0 aromatic rings. The summed E-state index contributed by atoms with van der Waals surface area (Å²) < 4.78 is 31.8. The van der Waals surface area contributed by atoms with Gasteiger partial charge in [-0.1, -0.05) is 13.8 Å². The van der Waals surface area contributed by atoms with Crippen molar-refractivity contribution in [2.45, 2.75) is 45.8 Å². The lowest BCUT2D eigenvalue weighted by Crippen LogP contribution is -2.62. The van der Waals surface area contributed by atoms with Gasteiger partial charge in [-0.2, -0.15) is 0 Å². The lowest BCUT2D eigenvalue weighted by molar-refractivity contribution is -0.108. The Balaban J connectivity index is 2.50. The van der Waals surface area contributed by atoms with Crippen LogP contribution < -0.4 is 4.72 Å². The first-order valence-corrected chi connectivity index (χ1v) is 8.19. The molecule has 17 heavy (non-hydrogen) atoms. The van der Waals surface area contributed by atoms with E-state index >= 15 is 0 Å². The summed E-state index contributed by atoms with van der Waals surface area (Å²) in [6.07, 6.45) is 1.38. The zero-order chi connectivity index (χ0) is 13.1. The van der Waals surface area contributed by atoms with E-state index in [1.54, 1.807) is 0 Å². The molecule has 0 radical (unpaired) electrons. The van der Waals surface area contributed by atoms with Crippen LogP contribution in [0.4, 0.5) is 0 Å². The van der Waals surface area contributed by atoms with E-state index < -0.39 is 10.0 Å². The molecule has 0 bridgehead atoms. The van der Waals surface area contributed by atoms with E-state index in [1.165, 1.54) is 0 Å². The third kappa shape index (κ3) is 3.81. The predicted octanol–water partition coefficient (Wildman–Crippen LogP) is 1.74. The molecule has 0 amide bonds. The van der Waals surface area contributed by atoms with Crippen molar-refractivity contribution in [3.8, 4) is 0 Å². The van der Waals surface area contributed by atoms with Crippen LogP contribution in [0.3, 0.4) is 0 Å². The molecule has 1 saturated carbocycles. The standard InChI is InChI=1S/C11H22ClNO3S/c1-4-16-10-8-9(11(10,2)3)13-17(14,15)7-5-6-12/h9-10,13H,4-8H2,1-3H3. The first-order chi connectivity index (χ1) is 7.83. The molecule has 2 unspecified atom stereocenters. The minimum absolute atomic E-state index is 0.0284. The lowest BCUT2D eigenvalue weighted by atomic mass is 9.65. The minimum Gasteiger partial charge on any atom is -0.378 e. The molecular formula is C11H22ClNO3S. The SMILES string of the molecule is CCOC1CC(NS(=O)(=O)CCCCl)C1(C)C. The maximum absolute atomic E-state index is 11.7. The van der Waals surface area contributed by atoms with E-state index in [2.05, 4.69) is 4.72 Å². The molecule has 4 nitrogen and oxygen atoms in total. The summed E-state index contributed by atoms with van der Waals surface area (Å²) in [5, 5.41) is 0. The topological polar surface area (TPSA) is 55.4 Å². The molecule has 0 spiro atoms. The molecule has 1 fully saturated rings. The minimum atomic E-state index is -3.20. The van der Waals surface area contributed by atoms with Crippen molar-refractivity contribution in [1.82, 2.24) is 4.72 Å². The first-order valence-electron chi connectivity index (χ1n) is 6.01. The maximum atomic E-state index is 11.7. The second kappa shape index (κ2) is 5.87. The van der Waals surface area contributed by atoms with Crippen LogP contribution in [0.15, 0.2) is 0 Å². The zero-order valence-electron chi connectivity index (χ0n) is 10.7. The average Bonchev–Trinajstić information content (AvgIpc) is 2.25. The molecule has 2 atom stereocenters. The number of rotatable bonds is 7. The van der Waals surface area contributed by atoms with Crippen LogP contribution in [-0.2, 0) is 14.8 Å². The average molecular weight is 284 g/mol. The van der Waals surface area contributed by atoms with Gasteiger partial charge < -0.3 is 4.74 Å². The molecule has 1 aliphatic carbocycles. The van der Waals surface area contributed by atoms with E-state index in [1.807, 2.05) is 20.8 Å². The highest BCUT2D eigenvalue weighted by Crippen LogP contribution is 2.43. The smallest absolute Gasteiger partial charge is 0.211 e. The summed E-state index contributed by atoms with van der Waals surface area (Å²) in [5.74, 6) is 0.471. The van der Waals surface area contributed by atoms with Crippen molar-refractivity contribution in [2.75, 3.05) is 18.2 Å². The molecule has 6 heteroatoms. The molecule has 1 aliphatic rings. The number of ether oxygens (including phenoxy) is 1. The Morgan fingerprint density at radius 1 is 1.47 bits per heavy atom. The molecule has 1 N–H and O–H groups in total. The fourth-order valence-corrected chi connectivity index (χ4v) is 3.86. The summed E-state index contributed by atoms with van der Waals surface area (Å²) in [5.41, 5.74) is -0.135. The fourth-order valence-electron chi connectivity index (χ4n) is 2.09. The van der Waals surface area contributed by atoms with Gasteiger partial charge in [-0.05, 0) is 19.8 Å². The molecule has 0 aromatic heterocycles. The van der Waals surface area contributed by atoms with E-state index in [0.29, 0.717) is 18.9 Å². The summed E-state index contributed by atoms with van der Waals surface area (Å²) in [6, 6.07) is -0.0284. The Labute approximate surface area is 109 Å². The second-order valence-electron chi connectivity index (χ2n) is 5.03. The van der Waals surface area contributed by atoms with E-state index in [9.17, 15) is 8.42 Å². The fraction of sp³-hybridized carbons (Fsp3) is 1.00. The zero-order valence-corrected chi connectivity index (χ0v) is 12.3. The number of halogens is 1. The normalized spacial score (nSPS) is 27.8. The van der Waals surface area contributed by atoms with Gasteiger partial charge in [0, 0.05) is 23.9 Å². The van der Waals surface area contributed by atoms with Crippen LogP contribution in [0, 0.1) is 5.41 Å². The van der Waals surface area contributed by atoms with Crippen molar-refractivity contribution in [2.24, 2.45) is 5.41 Å². The van der Waals surface area contributed by atoms with E-state index in [4.69, 9.17) is 16.3 Å². The number of nitrogens with one attached hydrogen (secondary N) is 1. The number of sulfonamides is 1. The molecule has 1 rings (SSSR count). The Morgan fingerprint density at radius 2 is 2.12 bits per heavy atom. The van der Waals surface area contributed by atoms with Crippen LogP contribution in [-0.4, -0.2) is 38.8 Å². The highest BCUT2D eigenvalue weighted by Gasteiger charge is 2.50. The van der Waals surface area contributed by atoms with Crippen molar-refractivity contribution in [3.05, 3.63) is 0 Å². The third-order valence-electron chi connectivity index (χ3n) is 3.41. The van der Waals surface area contributed by atoms with Crippen LogP contribution in [0.1, 0.15) is 33.6 Å². The van der Waals surface area contributed by atoms with Gasteiger partial charge in [-0.25, -0.2) is 13.1 Å². The van der Waals surface area contributed by atoms with Crippen molar-refractivity contribution in [1.29, 1.82) is 0 Å². The maximum Gasteiger partial charge on any atom is 0.211 e. The van der Waals surface area contributed by atoms with Crippen LogP contribution in [0.25, 0.3) is 0 Å². The summed E-state index contributed by atoms with van der Waals surface area (Å²) in [7, 11) is -3.20. The van der Waals surface area contributed by atoms with Gasteiger partial charge in [0.2, 0.25) is 10.0 Å². The number of alkyl halides is 1. The Kier molecular flexibility index (Phi) is 5.25. The van der Waals surface area contributed by atoms with E-state index in [-0.39, 0.29) is 23.3 Å². The molecule has 0 aliphatic heterocycles. The van der Waals surface area contributed by atoms with Gasteiger partial charge in [0.1, 0.15) is 0 Å². The highest BCUT2D eigenvalue weighted by atomic mass is 35.5. The molecule has 0 saturated heterocycles. The van der Waals surface area contributed by atoms with Crippen molar-refractivity contribution >= 4 is 21.6 Å². The molecule has 0 aromatic carbocycles. The largest absolute Gasteiger partial charge is 0.378 e. The second-order valence-corrected chi connectivity index (χ2v) is 7.28. The predicted molar refractivity (Wildman–Crippen MR) is 69.9 cm³/mol. The third-order valence-corrected chi connectivity index (χ3v) is 5.15.